The number of aromatic nitrogens is 1. The molecule has 10 heteroatoms. The van der Waals surface area contributed by atoms with E-state index in [9.17, 15) is 27.2 Å². The molecule has 2 aromatic carbocycles. The van der Waals surface area contributed by atoms with Gasteiger partial charge < -0.3 is 15.2 Å². The van der Waals surface area contributed by atoms with Crippen molar-refractivity contribution in [3.05, 3.63) is 74.4 Å². The monoisotopic (exact) mass is 467 g/mol. The number of nitrogens with one attached hydrogen (secondary N) is 2. The number of halogens is 5. The lowest BCUT2D eigenvalue weighted by atomic mass is 9.91. The number of hydrogen-bond donors (Lipinski definition) is 2. The zero-order valence-electron chi connectivity index (χ0n) is 16.8. The minimum absolute atomic E-state index is 0.0430. The molecule has 0 spiro atoms. The molecule has 168 valence electrons. The number of hydrogen-bond acceptors (Lipinski definition) is 3. The van der Waals surface area contributed by atoms with E-state index in [1.54, 1.807) is 13.0 Å². The Labute approximate surface area is 185 Å². The minimum Gasteiger partial charge on any atom is -0.374 e. The third-order valence-electron chi connectivity index (χ3n) is 5.66. The van der Waals surface area contributed by atoms with E-state index in [0.717, 1.165) is 18.2 Å². The van der Waals surface area contributed by atoms with Gasteiger partial charge in [0.1, 0.15) is 5.82 Å². The van der Waals surface area contributed by atoms with Crippen molar-refractivity contribution < 1.29 is 22.4 Å². The lowest BCUT2D eigenvalue weighted by Crippen LogP contribution is -2.42. The predicted molar refractivity (Wildman–Crippen MR) is 113 cm³/mol. The van der Waals surface area contributed by atoms with Gasteiger partial charge in [0.05, 0.1) is 29.2 Å². The number of aromatic amines is 1. The molecule has 0 unspecified atom stereocenters. The van der Waals surface area contributed by atoms with Crippen LogP contribution in [-0.2, 0) is 17.4 Å². The van der Waals surface area contributed by atoms with Crippen molar-refractivity contribution in [2.45, 2.75) is 25.6 Å². The van der Waals surface area contributed by atoms with E-state index in [-0.39, 0.29) is 41.5 Å². The van der Waals surface area contributed by atoms with Crippen LogP contribution in [0.5, 0.6) is 0 Å². The van der Waals surface area contributed by atoms with E-state index in [1.165, 1.54) is 17.2 Å². The third kappa shape index (κ3) is 4.04. The maximum atomic E-state index is 14.4. The average molecular weight is 468 g/mol. The van der Waals surface area contributed by atoms with Crippen molar-refractivity contribution in [2.24, 2.45) is 0 Å². The molecule has 5 nitrogen and oxygen atoms in total. The number of benzene rings is 2. The summed E-state index contributed by atoms with van der Waals surface area (Å²) in [5, 5.41) is 3.41. The average Bonchev–Trinajstić information content (AvgIpc) is 2.72. The number of carbonyl (C=O) groups is 1. The normalized spacial score (nSPS) is 16.2. The second kappa shape index (κ2) is 8.12. The van der Waals surface area contributed by atoms with Crippen LogP contribution in [0.25, 0.3) is 10.8 Å². The molecule has 1 aliphatic rings. The number of nitrogens with zero attached hydrogens (tertiary/aromatic N) is 1. The van der Waals surface area contributed by atoms with Gasteiger partial charge in [0.25, 0.3) is 5.56 Å². The smallest absolute Gasteiger partial charge is 0.374 e. The summed E-state index contributed by atoms with van der Waals surface area (Å²) in [6, 6.07) is 5.56. The fourth-order valence-electron chi connectivity index (χ4n) is 4.06. The Kier molecular flexibility index (Phi) is 5.62. The first-order valence-electron chi connectivity index (χ1n) is 9.80. The number of anilines is 1. The third-order valence-corrected chi connectivity index (χ3v) is 5.97. The molecule has 1 amide bonds. The maximum Gasteiger partial charge on any atom is 0.416 e. The fourth-order valence-corrected chi connectivity index (χ4v) is 4.46. The molecule has 1 aromatic heterocycles. The second-order valence-electron chi connectivity index (χ2n) is 7.62. The molecule has 0 bridgehead atoms. The van der Waals surface area contributed by atoms with Crippen LogP contribution in [-0.4, -0.2) is 28.9 Å². The quantitative estimate of drug-likeness (QED) is 0.539. The summed E-state index contributed by atoms with van der Waals surface area (Å²) in [5.41, 5.74) is -0.235. The molecule has 1 atom stereocenters. The molecule has 0 saturated carbocycles. The lowest BCUT2D eigenvalue weighted by molar-refractivity contribution is -0.138. The number of rotatable bonds is 3. The van der Waals surface area contributed by atoms with Gasteiger partial charge in [-0.3, -0.25) is 9.59 Å². The number of carbonyl (C=O) groups excluding carboxylic acids is 1. The Morgan fingerprint density at radius 1 is 1.28 bits per heavy atom. The van der Waals surface area contributed by atoms with E-state index in [1.807, 2.05) is 0 Å². The first-order chi connectivity index (χ1) is 15.1. The van der Waals surface area contributed by atoms with E-state index >= 15 is 0 Å². The SMILES string of the molecule is C[C@H]1c2c(Cl)cc(C(F)(F)F)cc2CCN1C(=O)CNc1cc2cc[nH]c(=O)c2cc1F. The summed E-state index contributed by atoms with van der Waals surface area (Å²) in [4.78, 5) is 28.6. The van der Waals surface area contributed by atoms with Gasteiger partial charge in [-0.2, -0.15) is 13.2 Å². The standard InChI is InChI=1S/C22H18ClF4N3O2/c1-11-20-13(6-14(8-16(20)23)22(25,26)27)3-5-30(11)19(31)10-29-18-7-12-2-4-28-21(32)15(12)9-17(18)24/h2,4,6-9,11,29H,3,5,10H2,1H3,(H,28,32)/t11-/m0/s1. The molecule has 4 rings (SSSR count). The number of pyridine rings is 1. The van der Waals surface area contributed by atoms with Gasteiger partial charge in [-0.05, 0) is 60.2 Å². The van der Waals surface area contributed by atoms with Gasteiger partial charge in [0.15, 0.2) is 0 Å². The zero-order valence-corrected chi connectivity index (χ0v) is 17.6. The van der Waals surface area contributed by atoms with Gasteiger partial charge in [-0.15, -0.1) is 0 Å². The van der Waals surface area contributed by atoms with Crippen LogP contribution in [0, 0.1) is 5.82 Å². The Balaban J connectivity index is 1.53. The number of alkyl halides is 3. The Morgan fingerprint density at radius 3 is 2.75 bits per heavy atom. The summed E-state index contributed by atoms with van der Waals surface area (Å²) < 4.78 is 53.6. The van der Waals surface area contributed by atoms with E-state index < -0.39 is 29.2 Å². The summed E-state index contributed by atoms with van der Waals surface area (Å²) in [6.07, 6.45) is -2.84. The zero-order chi connectivity index (χ0) is 23.2. The maximum absolute atomic E-state index is 14.4. The van der Waals surface area contributed by atoms with Crippen molar-refractivity contribution in [3.8, 4) is 0 Å². The number of H-pyrrole nitrogens is 1. The predicted octanol–water partition coefficient (Wildman–Crippen LogP) is 4.90. The highest BCUT2D eigenvalue weighted by Gasteiger charge is 2.35. The summed E-state index contributed by atoms with van der Waals surface area (Å²) in [5.74, 6) is -1.04. The van der Waals surface area contributed by atoms with Gasteiger partial charge in [0.2, 0.25) is 5.91 Å². The molecular formula is C22H18ClF4N3O2. The largest absolute Gasteiger partial charge is 0.416 e. The van der Waals surface area contributed by atoms with Gasteiger partial charge in [0, 0.05) is 17.8 Å². The molecule has 2 heterocycles. The van der Waals surface area contributed by atoms with E-state index in [0.29, 0.717) is 16.5 Å². The molecule has 32 heavy (non-hydrogen) atoms. The first-order valence-corrected chi connectivity index (χ1v) is 10.2. The van der Waals surface area contributed by atoms with Crippen molar-refractivity contribution >= 4 is 34.0 Å². The molecule has 0 radical (unpaired) electrons. The number of fused-ring (bicyclic) bond motifs is 2. The topological polar surface area (TPSA) is 65.2 Å². The van der Waals surface area contributed by atoms with Crippen LogP contribution < -0.4 is 10.9 Å². The van der Waals surface area contributed by atoms with Crippen LogP contribution in [0.2, 0.25) is 5.02 Å². The van der Waals surface area contributed by atoms with E-state index in [4.69, 9.17) is 11.6 Å². The fraction of sp³-hybridized carbons (Fsp3) is 0.273. The first kappa shape index (κ1) is 22.1. The van der Waals surface area contributed by atoms with Crippen molar-refractivity contribution in [1.29, 1.82) is 0 Å². The molecular weight excluding hydrogens is 450 g/mol. The van der Waals surface area contributed by atoms with Gasteiger partial charge in [-0.25, -0.2) is 4.39 Å². The highest BCUT2D eigenvalue weighted by atomic mass is 35.5. The summed E-state index contributed by atoms with van der Waals surface area (Å²) in [6.45, 7) is 1.67. The van der Waals surface area contributed by atoms with Crippen molar-refractivity contribution in [3.63, 3.8) is 0 Å². The van der Waals surface area contributed by atoms with E-state index in [2.05, 4.69) is 10.3 Å². The van der Waals surface area contributed by atoms with Crippen LogP contribution >= 0.6 is 11.6 Å². The molecule has 2 N–H and O–H groups in total. The summed E-state index contributed by atoms with van der Waals surface area (Å²) >= 11 is 6.15. The van der Waals surface area contributed by atoms with Crippen molar-refractivity contribution in [1.82, 2.24) is 9.88 Å². The molecule has 0 aliphatic carbocycles. The van der Waals surface area contributed by atoms with Crippen LogP contribution in [0.1, 0.15) is 29.7 Å². The van der Waals surface area contributed by atoms with Crippen molar-refractivity contribution in [2.75, 3.05) is 18.4 Å². The number of amides is 1. The highest BCUT2D eigenvalue weighted by molar-refractivity contribution is 6.31. The minimum atomic E-state index is -4.51. The molecule has 3 aromatic rings. The second-order valence-corrected chi connectivity index (χ2v) is 8.03. The molecule has 0 fully saturated rings. The van der Waals surface area contributed by atoms with Gasteiger partial charge in [-0.1, -0.05) is 11.6 Å². The Bertz CT molecular complexity index is 1270. The molecule has 1 aliphatic heterocycles. The van der Waals surface area contributed by atoms with Crippen LogP contribution in [0.3, 0.4) is 0 Å². The van der Waals surface area contributed by atoms with Crippen LogP contribution in [0.15, 0.2) is 41.3 Å². The Hall–Kier alpha value is -3.07. The molecule has 0 saturated heterocycles. The van der Waals surface area contributed by atoms with Gasteiger partial charge >= 0.3 is 6.18 Å². The summed E-state index contributed by atoms with van der Waals surface area (Å²) in [7, 11) is 0. The highest BCUT2D eigenvalue weighted by Crippen LogP contribution is 2.40. The van der Waals surface area contributed by atoms with Crippen LogP contribution in [0.4, 0.5) is 23.2 Å². The Morgan fingerprint density at radius 2 is 2.03 bits per heavy atom. The lowest BCUT2D eigenvalue weighted by Gasteiger charge is -2.36.